The Hall–Kier alpha value is -4.71. The molecule has 0 saturated heterocycles. The Morgan fingerprint density at radius 2 is 0.507 bits per heavy atom. The van der Waals surface area contributed by atoms with Gasteiger partial charge in [-0.05, 0) is 135 Å². The summed E-state index contributed by atoms with van der Waals surface area (Å²) in [7, 11) is 0. The summed E-state index contributed by atoms with van der Waals surface area (Å²) in [5.74, 6) is -0.988. The summed E-state index contributed by atoms with van der Waals surface area (Å²) in [6, 6.07) is 0. The molecule has 6 nitrogen and oxygen atoms in total. The van der Waals surface area contributed by atoms with Crippen molar-refractivity contribution in [2.75, 3.05) is 13.2 Å². The molecule has 0 radical (unpaired) electrons. The summed E-state index contributed by atoms with van der Waals surface area (Å²) in [6.07, 6.45) is 82.6. The fraction of sp³-hybridized carbons (Fsp3) is 0.585. The van der Waals surface area contributed by atoms with Crippen LogP contribution in [-0.2, 0) is 28.6 Å². The largest absolute Gasteiger partial charge is 0.462 e. The highest BCUT2D eigenvalue weighted by Gasteiger charge is 2.19. The molecule has 398 valence electrons. The molecule has 0 fully saturated rings. The Balaban J connectivity index is 4.52. The highest BCUT2D eigenvalue weighted by molar-refractivity contribution is 5.71. The lowest BCUT2D eigenvalue weighted by atomic mass is 10.1. The standard InChI is InChI=1S/C65H102O6/c1-4-7-10-13-16-19-22-25-28-30-31-32-33-35-37-40-43-46-49-52-55-58-64(67)70-61-62(60-69-63(66)57-54-51-48-45-42-39-36-27-24-21-18-15-12-9-6-3)71-65(68)59-56-53-50-47-44-41-38-34-29-26-23-20-17-14-11-8-5-2/h7-12,16-21,25-29,31-32,35-37,42,45,62H,4-6,13-15,22-24,30,33-34,38-41,43-44,46-61H2,1-3H3/b10-7-,11-8-,12-9-,19-16-,20-17-,21-18-,28-25-,29-26-,32-31-,36-27-,37-35-,45-42-. The molecule has 0 rings (SSSR count). The van der Waals surface area contributed by atoms with Crippen molar-refractivity contribution in [3.63, 3.8) is 0 Å². The minimum atomic E-state index is -0.816. The van der Waals surface area contributed by atoms with Crippen LogP contribution in [0, 0.1) is 0 Å². The van der Waals surface area contributed by atoms with E-state index in [0.29, 0.717) is 25.7 Å². The summed E-state index contributed by atoms with van der Waals surface area (Å²) in [5, 5.41) is 0. The zero-order valence-corrected chi connectivity index (χ0v) is 45.4. The van der Waals surface area contributed by atoms with E-state index in [2.05, 4.69) is 167 Å². The van der Waals surface area contributed by atoms with Crippen LogP contribution in [0.5, 0.6) is 0 Å². The van der Waals surface area contributed by atoms with E-state index in [9.17, 15) is 14.4 Å². The van der Waals surface area contributed by atoms with Gasteiger partial charge in [0.1, 0.15) is 13.2 Å². The van der Waals surface area contributed by atoms with E-state index >= 15 is 0 Å². The van der Waals surface area contributed by atoms with Gasteiger partial charge in [-0.3, -0.25) is 14.4 Å². The van der Waals surface area contributed by atoms with Crippen molar-refractivity contribution in [2.45, 2.75) is 232 Å². The highest BCUT2D eigenvalue weighted by atomic mass is 16.6. The van der Waals surface area contributed by atoms with Crippen molar-refractivity contribution in [3.8, 4) is 0 Å². The maximum Gasteiger partial charge on any atom is 0.306 e. The molecule has 0 aliphatic heterocycles. The van der Waals surface area contributed by atoms with Crippen molar-refractivity contribution in [1.29, 1.82) is 0 Å². The molecule has 6 heteroatoms. The summed E-state index contributed by atoms with van der Waals surface area (Å²) in [6.45, 7) is 6.23. The van der Waals surface area contributed by atoms with Crippen LogP contribution in [-0.4, -0.2) is 37.2 Å². The van der Waals surface area contributed by atoms with Gasteiger partial charge in [0.25, 0.3) is 0 Å². The third-order valence-corrected chi connectivity index (χ3v) is 11.3. The molecule has 0 heterocycles. The van der Waals surface area contributed by atoms with Crippen molar-refractivity contribution in [3.05, 3.63) is 146 Å². The Bertz CT molecular complexity index is 1590. The monoisotopic (exact) mass is 979 g/mol. The van der Waals surface area contributed by atoms with Crippen molar-refractivity contribution < 1.29 is 28.6 Å². The maximum atomic E-state index is 12.9. The predicted molar refractivity (Wildman–Crippen MR) is 306 cm³/mol. The quantitative estimate of drug-likeness (QED) is 0.0262. The number of esters is 3. The average Bonchev–Trinajstić information content (AvgIpc) is 3.37. The van der Waals surface area contributed by atoms with Crippen LogP contribution in [0.4, 0.5) is 0 Å². The molecule has 0 aromatic carbocycles. The Labute approximate surface area is 436 Å². The molecule has 0 saturated carbocycles. The Morgan fingerprint density at radius 1 is 0.282 bits per heavy atom. The molecule has 0 amide bonds. The maximum absolute atomic E-state index is 12.9. The second-order valence-electron chi connectivity index (χ2n) is 18.0. The van der Waals surface area contributed by atoms with Crippen LogP contribution >= 0.6 is 0 Å². The molecule has 1 unspecified atom stereocenters. The number of allylic oxidation sites excluding steroid dienone is 24. The molecule has 0 aromatic rings. The van der Waals surface area contributed by atoms with Gasteiger partial charge in [-0.2, -0.15) is 0 Å². The van der Waals surface area contributed by atoms with Crippen LogP contribution in [0.25, 0.3) is 0 Å². The molecule has 0 spiro atoms. The van der Waals surface area contributed by atoms with Crippen LogP contribution in [0.2, 0.25) is 0 Å². The van der Waals surface area contributed by atoms with Crippen molar-refractivity contribution in [2.24, 2.45) is 0 Å². The molecule has 1 atom stereocenters. The third kappa shape index (κ3) is 56.1. The minimum Gasteiger partial charge on any atom is -0.462 e. The normalized spacial score (nSPS) is 13.2. The summed E-state index contributed by atoms with van der Waals surface area (Å²) in [5.41, 5.74) is 0. The number of ether oxygens (including phenoxy) is 3. The first-order valence-corrected chi connectivity index (χ1v) is 28.3. The zero-order valence-electron chi connectivity index (χ0n) is 45.4. The van der Waals surface area contributed by atoms with Gasteiger partial charge in [0.2, 0.25) is 0 Å². The smallest absolute Gasteiger partial charge is 0.306 e. The minimum absolute atomic E-state index is 0.112. The van der Waals surface area contributed by atoms with Gasteiger partial charge in [0, 0.05) is 19.3 Å². The van der Waals surface area contributed by atoms with Gasteiger partial charge in [-0.25, -0.2) is 0 Å². The van der Waals surface area contributed by atoms with E-state index in [1.807, 2.05) is 0 Å². The molecule has 0 bridgehead atoms. The number of rotatable bonds is 49. The van der Waals surface area contributed by atoms with Crippen molar-refractivity contribution in [1.82, 2.24) is 0 Å². The van der Waals surface area contributed by atoms with Gasteiger partial charge in [-0.1, -0.05) is 218 Å². The molecular weight excluding hydrogens is 877 g/mol. The first-order valence-electron chi connectivity index (χ1n) is 28.3. The predicted octanol–water partition coefficient (Wildman–Crippen LogP) is 19.2. The Kier molecular flexibility index (Phi) is 54.0. The molecular formula is C65H102O6. The van der Waals surface area contributed by atoms with Gasteiger partial charge >= 0.3 is 17.9 Å². The molecule has 0 aromatic heterocycles. The number of unbranched alkanes of at least 4 members (excludes halogenated alkanes) is 14. The van der Waals surface area contributed by atoms with E-state index in [1.165, 1.54) is 19.3 Å². The fourth-order valence-corrected chi connectivity index (χ4v) is 7.18. The highest BCUT2D eigenvalue weighted by Crippen LogP contribution is 2.13. The van der Waals surface area contributed by atoms with Crippen LogP contribution < -0.4 is 0 Å². The van der Waals surface area contributed by atoms with E-state index in [4.69, 9.17) is 14.2 Å². The number of hydrogen-bond donors (Lipinski definition) is 0. The van der Waals surface area contributed by atoms with Crippen LogP contribution in [0.15, 0.2) is 146 Å². The number of carbonyl (C=O) groups is 3. The fourth-order valence-electron chi connectivity index (χ4n) is 7.18. The first-order chi connectivity index (χ1) is 35.0. The second kappa shape index (κ2) is 57.9. The van der Waals surface area contributed by atoms with Gasteiger partial charge < -0.3 is 14.2 Å². The Morgan fingerprint density at radius 3 is 0.817 bits per heavy atom. The lowest BCUT2D eigenvalue weighted by Crippen LogP contribution is -2.30. The van der Waals surface area contributed by atoms with E-state index < -0.39 is 6.10 Å². The van der Waals surface area contributed by atoms with E-state index in [-0.39, 0.29) is 31.1 Å². The molecule has 0 aliphatic rings. The summed E-state index contributed by atoms with van der Waals surface area (Å²) >= 11 is 0. The van der Waals surface area contributed by atoms with Crippen LogP contribution in [0.3, 0.4) is 0 Å². The average molecular weight is 980 g/mol. The first kappa shape index (κ1) is 66.3. The SMILES string of the molecule is CC/C=C\C/C=C\C/C=C\C/C=C\C/C=C\CCCCCCCC(=O)OCC(COC(=O)CCCC/C=C\C/C=C\C/C=C\C/C=C\CC)OC(=O)CCCCCCCCC/C=C\C/C=C\C/C=C\CC. The topological polar surface area (TPSA) is 78.9 Å². The van der Waals surface area contributed by atoms with E-state index in [0.717, 1.165) is 161 Å². The van der Waals surface area contributed by atoms with Gasteiger partial charge in [0.05, 0.1) is 0 Å². The molecule has 0 aliphatic carbocycles. The second-order valence-corrected chi connectivity index (χ2v) is 18.0. The number of hydrogen-bond acceptors (Lipinski definition) is 6. The summed E-state index contributed by atoms with van der Waals surface area (Å²) in [4.78, 5) is 38.2. The summed E-state index contributed by atoms with van der Waals surface area (Å²) < 4.78 is 16.8. The number of carbonyl (C=O) groups excluding carboxylic acids is 3. The third-order valence-electron chi connectivity index (χ3n) is 11.3. The zero-order chi connectivity index (χ0) is 51.4. The van der Waals surface area contributed by atoms with Crippen LogP contribution in [0.1, 0.15) is 226 Å². The van der Waals surface area contributed by atoms with Gasteiger partial charge in [0.15, 0.2) is 6.10 Å². The molecule has 0 N–H and O–H groups in total. The van der Waals surface area contributed by atoms with Crippen molar-refractivity contribution >= 4 is 17.9 Å². The lowest BCUT2D eigenvalue weighted by Gasteiger charge is -2.18. The molecule has 71 heavy (non-hydrogen) atoms. The van der Waals surface area contributed by atoms with Gasteiger partial charge in [-0.15, -0.1) is 0 Å². The lowest BCUT2D eigenvalue weighted by molar-refractivity contribution is -0.167. The van der Waals surface area contributed by atoms with E-state index in [1.54, 1.807) is 0 Å².